The van der Waals surface area contributed by atoms with E-state index >= 15 is 0 Å². The van der Waals surface area contributed by atoms with E-state index in [1.54, 1.807) is 17.6 Å². The molecular weight excluding hydrogens is 268 g/mol. The fourth-order valence-corrected chi connectivity index (χ4v) is 4.06. The second-order valence-corrected chi connectivity index (χ2v) is 6.92. The molecule has 114 valence electrons. The van der Waals surface area contributed by atoms with E-state index in [0.717, 1.165) is 32.8 Å². The molecule has 2 rings (SSSR count). The maximum Gasteiger partial charge on any atom is 0.0587 e. The second-order valence-electron chi connectivity index (χ2n) is 5.70. The number of fused-ring (bicyclic) bond motifs is 1. The van der Waals surface area contributed by atoms with E-state index in [2.05, 4.69) is 23.3 Å². The topological polar surface area (TPSA) is 24.5 Å². The van der Waals surface area contributed by atoms with E-state index in [0.29, 0.717) is 0 Å². The lowest BCUT2D eigenvalue weighted by atomic mass is 10.1. The molecule has 0 aromatic carbocycles. The van der Waals surface area contributed by atoms with E-state index < -0.39 is 0 Å². The molecule has 3 nitrogen and oxygen atoms in total. The highest BCUT2D eigenvalue weighted by Crippen LogP contribution is 2.29. The number of methoxy groups -OCH3 is 1. The molecule has 4 heteroatoms. The molecule has 0 radical (unpaired) electrons. The van der Waals surface area contributed by atoms with Crippen molar-refractivity contribution in [2.75, 3.05) is 40.4 Å². The Kier molecular flexibility index (Phi) is 7.00. The molecule has 1 heterocycles. The lowest BCUT2D eigenvalue weighted by Gasteiger charge is -2.15. The van der Waals surface area contributed by atoms with Crippen molar-refractivity contribution in [3.63, 3.8) is 0 Å². The van der Waals surface area contributed by atoms with Gasteiger partial charge < -0.3 is 15.0 Å². The molecule has 1 aliphatic rings. The molecule has 0 saturated heterocycles. The summed E-state index contributed by atoms with van der Waals surface area (Å²) in [7, 11) is 3.96. The molecule has 0 fully saturated rings. The number of aryl methyl sites for hydroxylation is 2. The Morgan fingerprint density at radius 3 is 2.95 bits per heavy atom. The number of hydrogen-bond donors (Lipinski definition) is 1. The van der Waals surface area contributed by atoms with Gasteiger partial charge in [0.05, 0.1) is 6.61 Å². The number of nitrogens with zero attached hydrogens (tertiary/aromatic N) is 1. The highest BCUT2D eigenvalue weighted by atomic mass is 32.1. The lowest BCUT2D eigenvalue weighted by molar-refractivity contribution is 0.197. The summed E-state index contributed by atoms with van der Waals surface area (Å²) in [5, 5.41) is 3.40. The summed E-state index contributed by atoms with van der Waals surface area (Å²) in [5.74, 6) is 0. The average Bonchev–Trinajstić information content (AvgIpc) is 2.67. The van der Waals surface area contributed by atoms with Gasteiger partial charge in [0.15, 0.2) is 0 Å². The smallest absolute Gasteiger partial charge is 0.0587 e. The van der Waals surface area contributed by atoms with Crippen molar-refractivity contribution in [3.05, 3.63) is 21.4 Å². The van der Waals surface area contributed by atoms with E-state index in [1.807, 2.05) is 11.3 Å². The number of rotatable bonds is 8. The molecule has 0 aliphatic heterocycles. The molecular formula is C16H28N2OS. The van der Waals surface area contributed by atoms with Gasteiger partial charge in [-0.05, 0) is 44.4 Å². The van der Waals surface area contributed by atoms with Crippen molar-refractivity contribution in [2.45, 2.75) is 38.6 Å². The average molecular weight is 296 g/mol. The SMILES string of the molecule is COCCNCCN(C)Cc1cc2c(s1)CCCCC2. The highest BCUT2D eigenvalue weighted by molar-refractivity contribution is 7.12. The van der Waals surface area contributed by atoms with Gasteiger partial charge in [0.25, 0.3) is 0 Å². The van der Waals surface area contributed by atoms with Gasteiger partial charge in [-0.25, -0.2) is 0 Å². The van der Waals surface area contributed by atoms with Crippen molar-refractivity contribution in [3.8, 4) is 0 Å². The van der Waals surface area contributed by atoms with Crippen LogP contribution in [-0.2, 0) is 24.1 Å². The fourth-order valence-electron chi connectivity index (χ4n) is 2.72. The first-order valence-electron chi connectivity index (χ1n) is 7.78. The van der Waals surface area contributed by atoms with Crippen molar-refractivity contribution in [1.29, 1.82) is 0 Å². The molecule has 0 amide bonds. The van der Waals surface area contributed by atoms with Crippen LogP contribution in [0.2, 0.25) is 0 Å². The zero-order valence-electron chi connectivity index (χ0n) is 12.9. The van der Waals surface area contributed by atoms with Crippen molar-refractivity contribution >= 4 is 11.3 Å². The molecule has 20 heavy (non-hydrogen) atoms. The molecule has 1 aromatic heterocycles. The summed E-state index contributed by atoms with van der Waals surface area (Å²) < 4.78 is 5.03. The Bertz CT molecular complexity index is 368. The first kappa shape index (κ1) is 16.0. The van der Waals surface area contributed by atoms with Gasteiger partial charge >= 0.3 is 0 Å². The van der Waals surface area contributed by atoms with E-state index in [1.165, 1.54) is 37.0 Å². The van der Waals surface area contributed by atoms with Gasteiger partial charge in [-0.3, -0.25) is 0 Å². The van der Waals surface area contributed by atoms with Gasteiger partial charge in [0.1, 0.15) is 0 Å². The minimum Gasteiger partial charge on any atom is -0.383 e. The van der Waals surface area contributed by atoms with Gasteiger partial charge in [-0.2, -0.15) is 0 Å². The Balaban J connectivity index is 1.72. The maximum absolute atomic E-state index is 5.03. The first-order valence-corrected chi connectivity index (χ1v) is 8.60. The predicted octanol–water partition coefficient (Wildman–Crippen LogP) is 2.68. The fraction of sp³-hybridized carbons (Fsp3) is 0.750. The zero-order valence-corrected chi connectivity index (χ0v) is 13.7. The normalized spacial score (nSPS) is 15.3. The first-order chi connectivity index (χ1) is 9.79. The number of likely N-dealkylation sites (N-methyl/N-ethyl adjacent to an activating group) is 1. The van der Waals surface area contributed by atoms with Crippen LogP contribution in [-0.4, -0.2) is 45.3 Å². The summed E-state index contributed by atoms with van der Waals surface area (Å²) >= 11 is 2.04. The van der Waals surface area contributed by atoms with Gasteiger partial charge in [-0.1, -0.05) is 6.42 Å². The van der Waals surface area contributed by atoms with Crippen molar-refractivity contribution < 1.29 is 4.74 Å². The van der Waals surface area contributed by atoms with Crippen LogP contribution in [0.1, 0.15) is 34.6 Å². The molecule has 1 aliphatic carbocycles. The summed E-state index contributed by atoms with van der Waals surface area (Å²) in [5.41, 5.74) is 1.63. The third kappa shape index (κ3) is 5.17. The predicted molar refractivity (Wildman–Crippen MR) is 86.7 cm³/mol. The van der Waals surface area contributed by atoms with Crippen molar-refractivity contribution in [1.82, 2.24) is 10.2 Å². The van der Waals surface area contributed by atoms with E-state index in [4.69, 9.17) is 4.74 Å². The summed E-state index contributed by atoms with van der Waals surface area (Å²) in [6, 6.07) is 2.46. The molecule has 0 unspecified atom stereocenters. The van der Waals surface area contributed by atoms with Crippen LogP contribution < -0.4 is 5.32 Å². The van der Waals surface area contributed by atoms with Crippen LogP contribution in [0.5, 0.6) is 0 Å². The second kappa shape index (κ2) is 8.78. The largest absolute Gasteiger partial charge is 0.383 e. The van der Waals surface area contributed by atoms with Crippen LogP contribution in [0.25, 0.3) is 0 Å². The number of thiophene rings is 1. The van der Waals surface area contributed by atoms with Crippen LogP contribution in [0, 0.1) is 0 Å². The molecule has 1 aromatic rings. The Morgan fingerprint density at radius 2 is 2.10 bits per heavy atom. The highest BCUT2D eigenvalue weighted by Gasteiger charge is 2.13. The minimum atomic E-state index is 0.793. The maximum atomic E-state index is 5.03. The number of nitrogens with one attached hydrogen (secondary N) is 1. The third-order valence-electron chi connectivity index (χ3n) is 3.88. The van der Waals surface area contributed by atoms with Crippen LogP contribution in [0.3, 0.4) is 0 Å². The van der Waals surface area contributed by atoms with Crippen LogP contribution in [0.4, 0.5) is 0 Å². The molecule has 0 spiro atoms. The molecule has 1 N–H and O–H groups in total. The Morgan fingerprint density at radius 1 is 1.25 bits per heavy atom. The minimum absolute atomic E-state index is 0.793. The molecule has 0 bridgehead atoms. The number of hydrogen-bond acceptors (Lipinski definition) is 4. The zero-order chi connectivity index (χ0) is 14.2. The van der Waals surface area contributed by atoms with Gasteiger partial charge in [0.2, 0.25) is 0 Å². The molecule has 0 atom stereocenters. The number of ether oxygens (including phenoxy) is 1. The lowest BCUT2D eigenvalue weighted by Crippen LogP contribution is -2.30. The Hall–Kier alpha value is -0.420. The van der Waals surface area contributed by atoms with Crippen molar-refractivity contribution in [2.24, 2.45) is 0 Å². The summed E-state index contributed by atoms with van der Waals surface area (Å²) in [4.78, 5) is 5.60. The van der Waals surface area contributed by atoms with E-state index in [-0.39, 0.29) is 0 Å². The summed E-state index contributed by atoms with van der Waals surface area (Å²) in [6.45, 7) is 4.94. The summed E-state index contributed by atoms with van der Waals surface area (Å²) in [6.07, 6.45) is 6.77. The Labute approximate surface area is 127 Å². The van der Waals surface area contributed by atoms with Crippen LogP contribution in [0.15, 0.2) is 6.07 Å². The molecule has 0 saturated carbocycles. The van der Waals surface area contributed by atoms with Crippen LogP contribution >= 0.6 is 11.3 Å². The quantitative estimate of drug-likeness (QED) is 0.590. The third-order valence-corrected chi connectivity index (χ3v) is 5.10. The monoisotopic (exact) mass is 296 g/mol. The van der Waals surface area contributed by atoms with Gasteiger partial charge in [-0.15, -0.1) is 11.3 Å². The standard InChI is InChI=1S/C16H28N2OS/c1-18(10-8-17-9-11-19-2)13-15-12-14-6-4-3-5-7-16(14)20-15/h12,17H,3-11,13H2,1-2H3. The van der Waals surface area contributed by atoms with Gasteiger partial charge in [0, 0.05) is 43.0 Å². The van der Waals surface area contributed by atoms with E-state index in [9.17, 15) is 0 Å².